The van der Waals surface area contributed by atoms with Gasteiger partial charge >= 0.3 is 0 Å². The molecule has 0 atom stereocenters. The van der Waals surface area contributed by atoms with Crippen molar-refractivity contribution >= 4 is 27.1 Å². The van der Waals surface area contributed by atoms with Gasteiger partial charge in [0.15, 0.2) is 5.65 Å². The van der Waals surface area contributed by atoms with Gasteiger partial charge in [-0.25, -0.2) is 9.97 Å². The summed E-state index contributed by atoms with van der Waals surface area (Å²) >= 11 is 3.28. The van der Waals surface area contributed by atoms with Crippen LogP contribution in [0.2, 0.25) is 0 Å². The first-order chi connectivity index (χ1) is 9.67. The fraction of sp³-hybridized carbons (Fsp3) is 0.0769. The van der Waals surface area contributed by atoms with Gasteiger partial charge < -0.3 is 9.55 Å². The first-order valence-corrected chi connectivity index (χ1v) is 6.57. The van der Waals surface area contributed by atoms with Crippen LogP contribution < -0.4 is 5.56 Å². The number of pyridine rings is 2. The molecular formula is C13H8BrN5O. The maximum atomic E-state index is 11.9. The third-order valence-corrected chi connectivity index (χ3v) is 3.26. The van der Waals surface area contributed by atoms with Gasteiger partial charge in [0.1, 0.15) is 22.1 Å². The number of aromatic amines is 1. The topological polar surface area (TPSA) is 87.4 Å². The third-order valence-electron chi connectivity index (χ3n) is 2.82. The Morgan fingerprint density at radius 3 is 3.00 bits per heavy atom. The van der Waals surface area contributed by atoms with Crippen molar-refractivity contribution in [2.45, 2.75) is 6.54 Å². The van der Waals surface area contributed by atoms with E-state index in [9.17, 15) is 4.79 Å². The number of nitrogens with one attached hydrogen (secondary N) is 1. The predicted octanol–water partition coefficient (Wildman–Crippen LogP) is 1.80. The quantitative estimate of drug-likeness (QED) is 0.726. The predicted molar refractivity (Wildman–Crippen MR) is 76.1 cm³/mol. The van der Waals surface area contributed by atoms with E-state index in [0.717, 1.165) is 5.52 Å². The average Bonchev–Trinajstić information content (AvgIpc) is 2.82. The Balaban J connectivity index is 2.02. The number of hydrogen-bond donors (Lipinski definition) is 1. The summed E-state index contributed by atoms with van der Waals surface area (Å²) in [6.07, 6.45) is 1.62. The van der Waals surface area contributed by atoms with Crippen molar-refractivity contribution in [3.05, 3.63) is 56.8 Å². The summed E-state index contributed by atoms with van der Waals surface area (Å²) in [6.45, 7) is 0.266. The molecule has 20 heavy (non-hydrogen) atoms. The zero-order chi connectivity index (χ0) is 14.1. The highest BCUT2D eigenvalue weighted by molar-refractivity contribution is 9.10. The molecule has 0 amide bonds. The lowest BCUT2D eigenvalue weighted by Crippen LogP contribution is -2.22. The Kier molecular flexibility index (Phi) is 3.08. The zero-order valence-electron chi connectivity index (χ0n) is 10.2. The first-order valence-electron chi connectivity index (χ1n) is 5.78. The smallest absolute Gasteiger partial charge is 0.268 e. The van der Waals surface area contributed by atoms with E-state index >= 15 is 0 Å². The van der Waals surface area contributed by atoms with Gasteiger partial charge in [0.25, 0.3) is 5.56 Å². The van der Waals surface area contributed by atoms with Gasteiger partial charge in [-0.2, -0.15) is 5.26 Å². The monoisotopic (exact) mass is 329 g/mol. The molecule has 3 rings (SSSR count). The molecule has 98 valence electrons. The van der Waals surface area contributed by atoms with Crippen LogP contribution >= 0.6 is 15.9 Å². The van der Waals surface area contributed by atoms with Gasteiger partial charge in [-0.15, -0.1) is 0 Å². The highest BCUT2D eigenvalue weighted by atomic mass is 79.9. The van der Waals surface area contributed by atoms with E-state index in [2.05, 4.69) is 30.9 Å². The highest BCUT2D eigenvalue weighted by Crippen LogP contribution is 2.13. The summed E-state index contributed by atoms with van der Waals surface area (Å²) in [7, 11) is 0. The normalized spacial score (nSPS) is 10.6. The average molecular weight is 330 g/mol. The molecule has 3 aromatic rings. The van der Waals surface area contributed by atoms with Crippen molar-refractivity contribution in [3.8, 4) is 6.07 Å². The minimum Gasteiger partial charge on any atom is -0.339 e. The van der Waals surface area contributed by atoms with Crippen LogP contribution in [0.25, 0.3) is 11.2 Å². The number of hydrogen-bond acceptors (Lipinski definition) is 4. The Bertz CT molecular complexity index is 890. The molecule has 0 fully saturated rings. The van der Waals surface area contributed by atoms with E-state index in [4.69, 9.17) is 5.26 Å². The van der Waals surface area contributed by atoms with Crippen molar-refractivity contribution in [2.24, 2.45) is 0 Å². The summed E-state index contributed by atoms with van der Waals surface area (Å²) in [5, 5.41) is 8.85. The Hall–Kier alpha value is -2.46. The number of nitriles is 1. The molecule has 0 radical (unpaired) electrons. The fourth-order valence-electron chi connectivity index (χ4n) is 1.90. The lowest BCUT2D eigenvalue weighted by atomic mass is 10.3. The molecule has 0 bridgehead atoms. The van der Waals surface area contributed by atoms with Crippen LogP contribution in [0.5, 0.6) is 0 Å². The molecular weight excluding hydrogens is 322 g/mol. The maximum absolute atomic E-state index is 11.9. The molecule has 3 aromatic heterocycles. The van der Waals surface area contributed by atoms with Crippen molar-refractivity contribution in [1.29, 1.82) is 5.26 Å². The number of halogens is 1. The molecule has 0 aliphatic rings. The number of fused-ring (bicyclic) bond motifs is 1. The summed E-state index contributed by atoms with van der Waals surface area (Å²) in [5.74, 6) is 0.614. The fourth-order valence-corrected chi connectivity index (χ4v) is 2.20. The number of imidazole rings is 1. The van der Waals surface area contributed by atoms with Crippen molar-refractivity contribution in [1.82, 2.24) is 19.5 Å². The van der Waals surface area contributed by atoms with Gasteiger partial charge in [0.2, 0.25) is 0 Å². The van der Waals surface area contributed by atoms with Crippen LogP contribution in [0.4, 0.5) is 0 Å². The van der Waals surface area contributed by atoms with Crippen LogP contribution in [0.1, 0.15) is 11.4 Å². The van der Waals surface area contributed by atoms with E-state index < -0.39 is 0 Å². The first kappa shape index (κ1) is 12.6. The van der Waals surface area contributed by atoms with E-state index in [1.54, 1.807) is 12.3 Å². The number of nitrogens with zero attached hydrogens (tertiary/aromatic N) is 4. The SMILES string of the molecule is N#Cc1cccn(Cc2nc3nc(Br)ccc3[nH]2)c1=O. The molecule has 7 heteroatoms. The van der Waals surface area contributed by atoms with Gasteiger partial charge in [0.05, 0.1) is 12.1 Å². The summed E-state index contributed by atoms with van der Waals surface area (Å²) in [4.78, 5) is 23.6. The maximum Gasteiger partial charge on any atom is 0.268 e. The molecule has 3 heterocycles. The lowest BCUT2D eigenvalue weighted by Gasteiger charge is -2.02. The minimum atomic E-state index is -0.329. The molecule has 0 aliphatic carbocycles. The Morgan fingerprint density at radius 1 is 1.35 bits per heavy atom. The van der Waals surface area contributed by atoms with E-state index in [0.29, 0.717) is 16.1 Å². The highest BCUT2D eigenvalue weighted by Gasteiger charge is 2.07. The molecule has 6 nitrogen and oxygen atoms in total. The van der Waals surface area contributed by atoms with Crippen LogP contribution in [0, 0.1) is 11.3 Å². The number of rotatable bonds is 2. The second kappa shape index (κ2) is 4.90. The molecule has 0 aliphatic heterocycles. The van der Waals surface area contributed by atoms with E-state index in [1.807, 2.05) is 18.2 Å². The lowest BCUT2D eigenvalue weighted by molar-refractivity contribution is 0.724. The minimum absolute atomic E-state index is 0.115. The van der Waals surface area contributed by atoms with Crippen LogP contribution in [-0.4, -0.2) is 19.5 Å². The second-order valence-corrected chi connectivity index (χ2v) is 4.97. The second-order valence-electron chi connectivity index (χ2n) is 4.16. The van der Waals surface area contributed by atoms with Gasteiger partial charge in [-0.3, -0.25) is 4.79 Å². The summed E-state index contributed by atoms with van der Waals surface area (Å²) in [6, 6.07) is 8.70. The van der Waals surface area contributed by atoms with Crippen molar-refractivity contribution in [2.75, 3.05) is 0 Å². The number of aromatic nitrogens is 4. The van der Waals surface area contributed by atoms with Crippen LogP contribution in [0.15, 0.2) is 39.9 Å². The third kappa shape index (κ3) is 2.21. The zero-order valence-corrected chi connectivity index (χ0v) is 11.8. The largest absolute Gasteiger partial charge is 0.339 e. The van der Waals surface area contributed by atoms with Crippen molar-refractivity contribution < 1.29 is 0 Å². The van der Waals surface area contributed by atoms with E-state index in [-0.39, 0.29) is 17.7 Å². The molecule has 0 unspecified atom stereocenters. The van der Waals surface area contributed by atoms with Crippen molar-refractivity contribution in [3.63, 3.8) is 0 Å². The Labute approximate surface area is 121 Å². The molecule has 0 saturated heterocycles. The van der Waals surface area contributed by atoms with Crippen LogP contribution in [-0.2, 0) is 6.54 Å². The Morgan fingerprint density at radius 2 is 2.20 bits per heavy atom. The molecule has 1 N–H and O–H groups in total. The molecule has 0 aromatic carbocycles. The van der Waals surface area contributed by atoms with Crippen LogP contribution in [0.3, 0.4) is 0 Å². The van der Waals surface area contributed by atoms with Gasteiger partial charge in [-0.05, 0) is 40.2 Å². The van der Waals surface area contributed by atoms with Gasteiger partial charge in [-0.1, -0.05) is 0 Å². The van der Waals surface area contributed by atoms with E-state index in [1.165, 1.54) is 10.6 Å². The molecule has 0 saturated carbocycles. The number of H-pyrrole nitrogens is 1. The summed E-state index contributed by atoms with van der Waals surface area (Å²) < 4.78 is 2.14. The van der Waals surface area contributed by atoms with Gasteiger partial charge in [0, 0.05) is 6.20 Å². The summed E-state index contributed by atoms with van der Waals surface area (Å²) in [5.41, 5.74) is 1.17. The standard InChI is InChI=1S/C13H8BrN5O/c14-10-4-3-9-12(17-10)18-11(16-9)7-19-5-1-2-8(6-15)13(19)20/h1-5H,7H2,(H,16,17,18). The molecule has 0 spiro atoms.